The summed E-state index contributed by atoms with van der Waals surface area (Å²) in [5.41, 5.74) is 1.77. The summed E-state index contributed by atoms with van der Waals surface area (Å²) in [6.45, 7) is 2.92. The highest BCUT2D eigenvalue weighted by Crippen LogP contribution is 2.35. The fourth-order valence-corrected chi connectivity index (χ4v) is 5.16. The molecular formula is C25H24FN3O2S2. The fraction of sp³-hybridized carbons (Fsp3) is 0.240. The second kappa shape index (κ2) is 11.2. The maximum absolute atomic E-state index is 13.3. The Morgan fingerprint density at radius 3 is 2.67 bits per heavy atom. The topological polar surface area (TPSA) is 55.3 Å². The van der Waals surface area contributed by atoms with E-state index < -0.39 is 0 Å². The molecule has 170 valence electrons. The van der Waals surface area contributed by atoms with Crippen LogP contribution in [0.25, 0.3) is 10.2 Å². The van der Waals surface area contributed by atoms with Crippen LogP contribution in [-0.2, 0) is 11.3 Å². The molecule has 8 heteroatoms. The highest BCUT2D eigenvalue weighted by molar-refractivity contribution is 7.99. The second-order valence-corrected chi connectivity index (χ2v) is 9.45. The third-order valence-electron chi connectivity index (χ3n) is 4.91. The van der Waals surface area contributed by atoms with Gasteiger partial charge in [0.25, 0.3) is 0 Å². The van der Waals surface area contributed by atoms with E-state index in [0.29, 0.717) is 31.1 Å². The number of fused-ring (bicyclic) bond motifs is 1. The molecule has 0 aliphatic rings. The number of thioether (sulfide) groups is 1. The van der Waals surface area contributed by atoms with Crippen molar-refractivity contribution < 1.29 is 13.9 Å². The predicted molar refractivity (Wildman–Crippen MR) is 133 cm³/mol. The Morgan fingerprint density at radius 1 is 1.12 bits per heavy atom. The summed E-state index contributed by atoms with van der Waals surface area (Å²) in [4.78, 5) is 24.9. The SMILES string of the molecule is CCOc1cccc2sc(N(Cc3ccncc3)C(=O)CCCSc3ccc(F)cc3)nc12. The van der Waals surface area contributed by atoms with Crippen molar-refractivity contribution in [3.63, 3.8) is 0 Å². The number of carbonyl (C=O) groups excluding carboxylic acids is 1. The molecule has 0 N–H and O–H groups in total. The second-order valence-electron chi connectivity index (χ2n) is 7.27. The maximum Gasteiger partial charge on any atom is 0.229 e. The zero-order chi connectivity index (χ0) is 23.0. The molecule has 0 unspecified atom stereocenters. The Balaban J connectivity index is 1.49. The van der Waals surface area contributed by atoms with Crippen molar-refractivity contribution in [3.05, 3.63) is 78.4 Å². The van der Waals surface area contributed by atoms with Crippen molar-refractivity contribution in [1.29, 1.82) is 0 Å². The Kier molecular flexibility index (Phi) is 7.91. The number of anilines is 1. The molecule has 2 aromatic heterocycles. The first-order chi connectivity index (χ1) is 16.1. The van der Waals surface area contributed by atoms with E-state index in [1.165, 1.54) is 23.5 Å². The lowest BCUT2D eigenvalue weighted by Crippen LogP contribution is -2.30. The van der Waals surface area contributed by atoms with Crippen LogP contribution in [0.4, 0.5) is 9.52 Å². The lowest BCUT2D eigenvalue weighted by molar-refractivity contribution is -0.118. The van der Waals surface area contributed by atoms with Crippen LogP contribution >= 0.6 is 23.1 Å². The molecule has 2 heterocycles. The lowest BCUT2D eigenvalue weighted by Gasteiger charge is -2.20. The van der Waals surface area contributed by atoms with Crippen molar-refractivity contribution in [2.75, 3.05) is 17.3 Å². The molecule has 33 heavy (non-hydrogen) atoms. The monoisotopic (exact) mass is 481 g/mol. The lowest BCUT2D eigenvalue weighted by atomic mass is 10.2. The van der Waals surface area contributed by atoms with Crippen LogP contribution in [0.2, 0.25) is 0 Å². The van der Waals surface area contributed by atoms with Crippen molar-refractivity contribution >= 4 is 44.4 Å². The van der Waals surface area contributed by atoms with E-state index in [4.69, 9.17) is 9.72 Å². The van der Waals surface area contributed by atoms with Gasteiger partial charge >= 0.3 is 0 Å². The number of ether oxygens (including phenoxy) is 1. The first-order valence-corrected chi connectivity index (χ1v) is 12.5. The molecule has 0 atom stereocenters. The number of amides is 1. The number of carbonyl (C=O) groups is 1. The number of halogens is 1. The minimum atomic E-state index is -0.246. The average Bonchev–Trinajstić information content (AvgIpc) is 3.27. The summed E-state index contributed by atoms with van der Waals surface area (Å²) in [5, 5.41) is 0.658. The summed E-state index contributed by atoms with van der Waals surface area (Å²) in [5.74, 6) is 1.27. The van der Waals surface area contributed by atoms with Gasteiger partial charge in [0, 0.05) is 23.7 Å². The van der Waals surface area contributed by atoms with Crippen LogP contribution in [-0.4, -0.2) is 28.2 Å². The Hall–Kier alpha value is -2.97. The van der Waals surface area contributed by atoms with Crippen molar-refractivity contribution in [1.82, 2.24) is 9.97 Å². The summed E-state index contributed by atoms with van der Waals surface area (Å²) >= 11 is 3.11. The van der Waals surface area contributed by atoms with Gasteiger partial charge in [-0.25, -0.2) is 9.37 Å². The number of pyridine rings is 1. The first kappa shape index (κ1) is 23.2. The van der Waals surface area contributed by atoms with Gasteiger partial charge < -0.3 is 4.74 Å². The van der Waals surface area contributed by atoms with E-state index in [0.717, 1.165) is 32.2 Å². The Labute approximate surface area is 200 Å². The number of hydrogen-bond donors (Lipinski definition) is 0. The van der Waals surface area contributed by atoms with Crippen LogP contribution in [0.15, 0.2) is 71.9 Å². The number of rotatable bonds is 10. The number of aromatic nitrogens is 2. The van der Waals surface area contributed by atoms with Crippen molar-refractivity contribution in [3.8, 4) is 5.75 Å². The van der Waals surface area contributed by atoms with Crippen LogP contribution in [0.3, 0.4) is 0 Å². The van der Waals surface area contributed by atoms with Gasteiger partial charge in [-0.1, -0.05) is 17.4 Å². The molecular weight excluding hydrogens is 457 g/mol. The third-order valence-corrected chi connectivity index (χ3v) is 7.05. The zero-order valence-corrected chi connectivity index (χ0v) is 19.9. The number of benzene rings is 2. The van der Waals surface area contributed by atoms with E-state index in [2.05, 4.69) is 4.98 Å². The van der Waals surface area contributed by atoms with E-state index in [1.807, 2.05) is 37.3 Å². The number of nitrogens with zero attached hydrogens (tertiary/aromatic N) is 3. The number of thiazole rings is 1. The van der Waals surface area contributed by atoms with Crippen LogP contribution in [0.1, 0.15) is 25.3 Å². The van der Waals surface area contributed by atoms with Gasteiger partial charge in [0.15, 0.2) is 5.13 Å². The molecule has 0 aliphatic heterocycles. The van der Waals surface area contributed by atoms with Gasteiger partial charge in [-0.15, -0.1) is 11.8 Å². The summed E-state index contributed by atoms with van der Waals surface area (Å²) in [7, 11) is 0. The predicted octanol–water partition coefficient (Wildman–Crippen LogP) is 6.33. The fourth-order valence-electron chi connectivity index (χ4n) is 3.31. The molecule has 0 saturated carbocycles. The Morgan fingerprint density at radius 2 is 1.91 bits per heavy atom. The van der Waals surface area contributed by atoms with Gasteiger partial charge in [-0.2, -0.15) is 0 Å². The van der Waals surface area contributed by atoms with Gasteiger partial charge in [-0.05, 0) is 73.2 Å². The molecule has 4 rings (SSSR count). The van der Waals surface area contributed by atoms with Gasteiger partial charge in [0.2, 0.25) is 5.91 Å². The highest BCUT2D eigenvalue weighted by atomic mass is 32.2. The summed E-state index contributed by atoms with van der Waals surface area (Å²) in [6, 6.07) is 16.1. The van der Waals surface area contributed by atoms with E-state index >= 15 is 0 Å². The first-order valence-electron chi connectivity index (χ1n) is 10.7. The van der Waals surface area contributed by atoms with Crippen LogP contribution in [0, 0.1) is 5.82 Å². The highest BCUT2D eigenvalue weighted by Gasteiger charge is 2.21. The molecule has 5 nitrogen and oxygen atoms in total. The number of para-hydroxylation sites is 1. The molecule has 0 aliphatic carbocycles. The molecule has 0 bridgehead atoms. The molecule has 0 spiro atoms. The molecule has 0 fully saturated rings. The molecule has 2 aromatic carbocycles. The number of hydrogen-bond acceptors (Lipinski definition) is 6. The summed E-state index contributed by atoms with van der Waals surface area (Å²) in [6.07, 6.45) is 4.56. The average molecular weight is 482 g/mol. The quantitative estimate of drug-likeness (QED) is 0.196. The Bertz CT molecular complexity index is 1200. The smallest absolute Gasteiger partial charge is 0.229 e. The minimum Gasteiger partial charge on any atom is -0.492 e. The third kappa shape index (κ3) is 6.09. The minimum absolute atomic E-state index is 0.0172. The maximum atomic E-state index is 13.3. The standard InChI is InChI=1S/C25H24FN3O2S2/c1-2-31-21-5-3-6-22-24(21)28-25(33-22)29(17-18-12-14-27-15-13-18)23(30)7-4-16-32-20-10-8-19(26)9-11-20/h3,5-6,8-15H,2,4,7,16-17H2,1H3. The van der Waals surface area contributed by atoms with Gasteiger partial charge in [0.1, 0.15) is 17.1 Å². The van der Waals surface area contributed by atoms with Crippen LogP contribution < -0.4 is 9.64 Å². The molecule has 0 saturated heterocycles. The largest absolute Gasteiger partial charge is 0.492 e. The van der Waals surface area contributed by atoms with E-state index in [-0.39, 0.29) is 11.7 Å². The van der Waals surface area contributed by atoms with Gasteiger partial charge in [0.05, 0.1) is 17.9 Å². The molecule has 1 amide bonds. The molecule has 4 aromatic rings. The van der Waals surface area contributed by atoms with Crippen molar-refractivity contribution in [2.45, 2.75) is 31.2 Å². The van der Waals surface area contributed by atoms with Crippen molar-refractivity contribution in [2.24, 2.45) is 0 Å². The summed E-state index contributed by atoms with van der Waals surface area (Å²) < 4.78 is 19.8. The van der Waals surface area contributed by atoms with E-state index in [9.17, 15) is 9.18 Å². The molecule has 0 radical (unpaired) electrons. The zero-order valence-electron chi connectivity index (χ0n) is 18.2. The van der Waals surface area contributed by atoms with Crippen LogP contribution in [0.5, 0.6) is 5.75 Å². The van der Waals surface area contributed by atoms with Gasteiger partial charge in [-0.3, -0.25) is 14.7 Å². The normalized spacial score (nSPS) is 11.0. The van der Waals surface area contributed by atoms with E-state index in [1.54, 1.807) is 41.2 Å².